The molecule has 0 aromatic heterocycles. The van der Waals surface area contributed by atoms with Gasteiger partial charge in [-0.3, -0.25) is 0 Å². The highest BCUT2D eigenvalue weighted by atomic mass is 28.3. The Morgan fingerprint density at radius 3 is 2.29 bits per heavy atom. The Labute approximate surface area is 51.5 Å². The first-order valence-electron chi connectivity index (χ1n) is 2.53. The third-order valence-electron chi connectivity index (χ3n) is 0.665. The van der Waals surface area contributed by atoms with Gasteiger partial charge in [0.15, 0.2) is 0 Å². The zero-order chi connectivity index (χ0) is 5.70. The van der Waals surface area contributed by atoms with Crippen LogP contribution >= 0.6 is 0 Å². The van der Waals surface area contributed by atoms with Crippen LogP contribution in [-0.2, 0) is 0 Å². The van der Waals surface area contributed by atoms with E-state index in [2.05, 4.69) is 28.5 Å². The molecule has 39 valence electrons. The van der Waals surface area contributed by atoms with Crippen molar-refractivity contribution in [2.24, 2.45) is 0 Å². The van der Waals surface area contributed by atoms with Crippen molar-refractivity contribution in [1.82, 2.24) is 4.23 Å². The van der Waals surface area contributed by atoms with E-state index >= 15 is 0 Å². The van der Waals surface area contributed by atoms with E-state index in [1.807, 2.05) is 0 Å². The van der Waals surface area contributed by atoms with Gasteiger partial charge in [-0.25, -0.2) is 0 Å². The van der Waals surface area contributed by atoms with E-state index in [-0.39, 0.29) is 0 Å². The minimum atomic E-state index is 0.936. The maximum atomic E-state index is 3.43. The average molecular weight is 128 g/mol. The Kier molecular flexibility index (Phi) is 4.81. The van der Waals surface area contributed by atoms with Gasteiger partial charge in [0.25, 0.3) is 0 Å². The molecule has 0 unspecified atom stereocenters. The summed E-state index contributed by atoms with van der Waals surface area (Å²) in [6.07, 6.45) is 0. The minimum absolute atomic E-state index is 0.936. The molecule has 0 aromatic carbocycles. The smallest absolute Gasteiger partial charge is 0.135 e. The van der Waals surface area contributed by atoms with Gasteiger partial charge in [0.05, 0.1) is 0 Å². The van der Waals surface area contributed by atoms with E-state index in [9.17, 15) is 0 Å². The predicted octanol–water partition coefficient (Wildman–Crippen LogP) is 0.449. The zero-order valence-corrected chi connectivity index (χ0v) is 6.86. The quantitative estimate of drug-likeness (QED) is 0.499. The fourth-order valence-electron chi connectivity index (χ4n) is 0.303. The largest absolute Gasteiger partial charge is 0.351 e. The summed E-state index contributed by atoms with van der Waals surface area (Å²) < 4.78 is 2.14. The van der Waals surface area contributed by atoms with Crippen LogP contribution in [0.25, 0.3) is 0 Å². The second-order valence-corrected chi connectivity index (χ2v) is 3.81. The average Bonchev–Trinajstić information content (AvgIpc) is 1.68. The summed E-state index contributed by atoms with van der Waals surface area (Å²) in [6.45, 7) is 5.42. The van der Waals surface area contributed by atoms with Crippen LogP contribution in [0.15, 0.2) is 0 Å². The molecule has 0 bridgehead atoms. The molecular formula is C4H10NSi2. The third-order valence-corrected chi connectivity index (χ3v) is 2.47. The normalized spacial score (nSPS) is 10.3. The van der Waals surface area contributed by atoms with E-state index < -0.39 is 0 Å². The molecule has 0 aliphatic carbocycles. The number of hydrogen-bond acceptors (Lipinski definition) is 1. The van der Waals surface area contributed by atoms with Crippen molar-refractivity contribution in [1.29, 1.82) is 0 Å². The Bertz CT molecular complexity index is 40.7. The fraction of sp³-hybridized carbons (Fsp3) is 1.00. The summed E-state index contributed by atoms with van der Waals surface area (Å²) in [5.41, 5.74) is 0. The van der Waals surface area contributed by atoms with Crippen molar-refractivity contribution < 1.29 is 0 Å². The van der Waals surface area contributed by atoms with Crippen molar-refractivity contribution >= 4 is 20.1 Å². The van der Waals surface area contributed by atoms with Gasteiger partial charge >= 0.3 is 0 Å². The summed E-state index contributed by atoms with van der Waals surface area (Å²) in [5.74, 6) is 0. The van der Waals surface area contributed by atoms with Gasteiger partial charge in [-0.1, -0.05) is 13.8 Å². The van der Waals surface area contributed by atoms with Crippen LogP contribution in [0.1, 0.15) is 13.8 Å². The van der Waals surface area contributed by atoms with Crippen LogP contribution in [0.5, 0.6) is 0 Å². The summed E-state index contributed by atoms with van der Waals surface area (Å²) in [5, 5.41) is 0. The highest BCUT2D eigenvalue weighted by Gasteiger charge is 1.89. The van der Waals surface area contributed by atoms with E-state index in [1.165, 1.54) is 6.04 Å². The fourth-order valence-corrected chi connectivity index (χ4v) is 1.38. The summed E-state index contributed by atoms with van der Waals surface area (Å²) in [4.78, 5) is 0. The monoisotopic (exact) mass is 128 g/mol. The summed E-state index contributed by atoms with van der Waals surface area (Å²) in [6, 6.07) is 1.25. The van der Waals surface area contributed by atoms with Crippen LogP contribution in [0, 0.1) is 0 Å². The molecule has 0 aliphatic heterocycles. The first-order chi connectivity index (χ1) is 3.31. The van der Waals surface area contributed by atoms with E-state index in [1.54, 1.807) is 0 Å². The van der Waals surface area contributed by atoms with Gasteiger partial charge in [0, 0.05) is 0 Å². The lowest BCUT2D eigenvalue weighted by Gasteiger charge is -2.08. The van der Waals surface area contributed by atoms with Crippen LogP contribution in [0.3, 0.4) is 0 Å². The molecule has 5 radical (unpaired) electrons. The number of nitrogens with zero attached hydrogens (tertiary/aromatic N) is 1. The van der Waals surface area contributed by atoms with Gasteiger partial charge in [-0.05, 0) is 12.6 Å². The Balaban J connectivity index is 2.83. The second kappa shape index (κ2) is 4.55. The molecule has 0 amide bonds. The predicted molar refractivity (Wildman–Crippen MR) is 34.4 cm³/mol. The molecular weight excluding hydrogens is 118 g/mol. The van der Waals surface area contributed by atoms with Gasteiger partial charge in [0.1, 0.15) is 20.1 Å². The number of rotatable bonds is 3. The number of hydrogen-bond donors (Lipinski definition) is 0. The van der Waals surface area contributed by atoms with Gasteiger partial charge < -0.3 is 4.23 Å². The third kappa shape index (κ3) is 4.24. The molecule has 7 heavy (non-hydrogen) atoms. The molecule has 0 saturated heterocycles. The molecule has 0 spiro atoms. The highest BCUT2D eigenvalue weighted by Crippen LogP contribution is 1.78. The Morgan fingerprint density at radius 1 is 1.57 bits per heavy atom. The van der Waals surface area contributed by atoms with Crippen LogP contribution in [0.4, 0.5) is 0 Å². The SMILES string of the molecule is CC[Si]N([Si])CC. The van der Waals surface area contributed by atoms with E-state index in [4.69, 9.17) is 0 Å². The van der Waals surface area contributed by atoms with Crippen molar-refractivity contribution in [3.8, 4) is 0 Å². The first kappa shape index (κ1) is 7.39. The second-order valence-electron chi connectivity index (χ2n) is 1.26. The highest BCUT2D eigenvalue weighted by molar-refractivity contribution is 6.41. The van der Waals surface area contributed by atoms with Crippen molar-refractivity contribution in [2.45, 2.75) is 19.9 Å². The molecule has 0 fully saturated rings. The first-order valence-corrected chi connectivity index (χ1v) is 4.13. The lowest BCUT2D eigenvalue weighted by Crippen LogP contribution is -2.23. The zero-order valence-electron chi connectivity index (χ0n) is 4.86. The van der Waals surface area contributed by atoms with E-state index in [0.717, 1.165) is 16.2 Å². The molecule has 0 heterocycles. The minimum Gasteiger partial charge on any atom is -0.351 e. The molecule has 1 nitrogen and oxygen atoms in total. The van der Waals surface area contributed by atoms with Gasteiger partial charge in [0.2, 0.25) is 0 Å². The standard InChI is InChI=1S/C4H10NSi2/c1-3-5(6)7-4-2/h3-4H2,1-2H3. The van der Waals surface area contributed by atoms with E-state index in [0.29, 0.717) is 0 Å². The maximum Gasteiger partial charge on any atom is 0.135 e. The van der Waals surface area contributed by atoms with Crippen molar-refractivity contribution in [3.05, 3.63) is 0 Å². The molecule has 3 heteroatoms. The molecule has 0 aliphatic rings. The van der Waals surface area contributed by atoms with Crippen LogP contribution < -0.4 is 0 Å². The Hall–Kier alpha value is 0.394. The van der Waals surface area contributed by atoms with Crippen molar-refractivity contribution in [3.63, 3.8) is 0 Å². The Morgan fingerprint density at radius 2 is 2.14 bits per heavy atom. The molecule has 0 saturated carbocycles. The lowest BCUT2D eigenvalue weighted by molar-refractivity contribution is 0.726. The van der Waals surface area contributed by atoms with Crippen LogP contribution in [0.2, 0.25) is 6.04 Å². The molecule has 0 aromatic rings. The lowest BCUT2D eigenvalue weighted by atomic mass is 10.8. The molecule has 0 rings (SSSR count). The molecule has 0 N–H and O–H groups in total. The van der Waals surface area contributed by atoms with Crippen LogP contribution in [-0.4, -0.2) is 30.9 Å². The van der Waals surface area contributed by atoms with Gasteiger partial charge in [-0.2, -0.15) is 0 Å². The molecule has 0 atom stereocenters. The summed E-state index contributed by atoms with van der Waals surface area (Å²) in [7, 11) is 4.36. The maximum absolute atomic E-state index is 3.43. The summed E-state index contributed by atoms with van der Waals surface area (Å²) >= 11 is 0. The van der Waals surface area contributed by atoms with Crippen molar-refractivity contribution in [2.75, 3.05) is 6.54 Å². The van der Waals surface area contributed by atoms with Gasteiger partial charge in [-0.15, -0.1) is 0 Å². The topological polar surface area (TPSA) is 3.24 Å².